The third-order valence-electron chi connectivity index (χ3n) is 2.30. The van der Waals surface area contributed by atoms with Crippen molar-refractivity contribution in [3.8, 4) is 0 Å². The summed E-state index contributed by atoms with van der Waals surface area (Å²) in [4.78, 5) is 0. The highest BCUT2D eigenvalue weighted by Gasteiger charge is 2.04. The molecule has 0 saturated carbocycles. The molecule has 1 heterocycles. The van der Waals surface area contributed by atoms with E-state index in [2.05, 4.69) is 18.4 Å². The fourth-order valence-electron chi connectivity index (χ4n) is 1.49. The van der Waals surface area contributed by atoms with Gasteiger partial charge in [0.15, 0.2) is 0 Å². The predicted octanol–water partition coefficient (Wildman–Crippen LogP) is 3.45. The molecule has 0 amide bonds. The summed E-state index contributed by atoms with van der Waals surface area (Å²) >= 11 is 5.94. The molecule has 78 valence electrons. The van der Waals surface area contributed by atoms with E-state index in [0.29, 0.717) is 0 Å². The van der Waals surface area contributed by atoms with E-state index >= 15 is 0 Å². The summed E-state index contributed by atoms with van der Waals surface area (Å²) in [6.45, 7) is 2.10. The monoisotopic (exact) mass is 220 g/mol. The van der Waals surface area contributed by atoms with Gasteiger partial charge >= 0.3 is 0 Å². The summed E-state index contributed by atoms with van der Waals surface area (Å²) in [6, 6.07) is 12.1. The van der Waals surface area contributed by atoms with E-state index in [1.54, 1.807) is 0 Å². The standard InChI is InChI=1S/C12H13ClN2/c1-10(14-15-7-2-3-8-15)11-5-4-6-12(13)9-11/h2-10,14H,1H3. The highest BCUT2D eigenvalue weighted by Crippen LogP contribution is 2.17. The molecule has 1 aromatic carbocycles. The SMILES string of the molecule is CC(Nn1cccc1)c1cccc(Cl)c1. The molecular formula is C12H13ClN2. The minimum absolute atomic E-state index is 0.232. The van der Waals surface area contributed by atoms with Crippen molar-refractivity contribution in [3.63, 3.8) is 0 Å². The van der Waals surface area contributed by atoms with Crippen LogP contribution in [-0.4, -0.2) is 4.68 Å². The van der Waals surface area contributed by atoms with Crippen molar-refractivity contribution in [1.82, 2.24) is 4.68 Å². The minimum Gasteiger partial charge on any atom is -0.319 e. The zero-order valence-corrected chi connectivity index (χ0v) is 9.28. The number of benzene rings is 1. The van der Waals surface area contributed by atoms with Crippen LogP contribution in [0.4, 0.5) is 0 Å². The lowest BCUT2D eigenvalue weighted by molar-refractivity contribution is 0.728. The van der Waals surface area contributed by atoms with Gasteiger partial charge in [-0.15, -0.1) is 0 Å². The normalized spacial score (nSPS) is 12.4. The molecule has 1 atom stereocenters. The smallest absolute Gasteiger partial charge is 0.0645 e. The van der Waals surface area contributed by atoms with Gasteiger partial charge in [0.2, 0.25) is 0 Å². The Bertz CT molecular complexity index is 423. The fourth-order valence-corrected chi connectivity index (χ4v) is 1.69. The third kappa shape index (κ3) is 2.54. The van der Waals surface area contributed by atoms with Gasteiger partial charge in [-0.2, -0.15) is 0 Å². The van der Waals surface area contributed by atoms with Crippen molar-refractivity contribution < 1.29 is 0 Å². The van der Waals surface area contributed by atoms with Gasteiger partial charge in [0, 0.05) is 17.4 Å². The molecule has 3 heteroatoms. The molecule has 0 spiro atoms. The summed E-state index contributed by atoms with van der Waals surface area (Å²) < 4.78 is 1.94. The molecule has 1 N–H and O–H groups in total. The van der Waals surface area contributed by atoms with E-state index < -0.39 is 0 Å². The number of nitrogens with zero attached hydrogens (tertiary/aromatic N) is 1. The summed E-state index contributed by atoms with van der Waals surface area (Å²) in [6.07, 6.45) is 3.95. The molecule has 0 bridgehead atoms. The Morgan fingerprint density at radius 1 is 1.20 bits per heavy atom. The average Bonchev–Trinajstić information content (AvgIpc) is 2.70. The Hall–Kier alpha value is -1.41. The molecule has 0 fully saturated rings. The zero-order valence-electron chi connectivity index (χ0n) is 8.52. The Morgan fingerprint density at radius 3 is 2.60 bits per heavy atom. The lowest BCUT2D eigenvalue weighted by Gasteiger charge is -2.16. The van der Waals surface area contributed by atoms with Crippen LogP contribution < -0.4 is 5.43 Å². The first-order valence-corrected chi connectivity index (χ1v) is 5.28. The van der Waals surface area contributed by atoms with E-state index in [4.69, 9.17) is 11.6 Å². The van der Waals surface area contributed by atoms with Gasteiger partial charge in [-0.05, 0) is 36.8 Å². The molecule has 2 aromatic rings. The summed E-state index contributed by atoms with van der Waals surface area (Å²) in [5.74, 6) is 0. The Balaban J connectivity index is 2.11. The van der Waals surface area contributed by atoms with Crippen LogP contribution >= 0.6 is 11.6 Å². The number of hydrogen-bond acceptors (Lipinski definition) is 1. The average molecular weight is 221 g/mol. The zero-order chi connectivity index (χ0) is 10.7. The second kappa shape index (κ2) is 4.41. The number of hydrogen-bond donors (Lipinski definition) is 1. The lowest BCUT2D eigenvalue weighted by atomic mass is 10.1. The summed E-state index contributed by atoms with van der Waals surface area (Å²) in [5, 5.41) is 0.772. The second-order valence-corrected chi connectivity index (χ2v) is 3.93. The highest BCUT2D eigenvalue weighted by atomic mass is 35.5. The minimum atomic E-state index is 0.232. The van der Waals surface area contributed by atoms with E-state index in [9.17, 15) is 0 Å². The maximum Gasteiger partial charge on any atom is 0.0645 e. The quantitative estimate of drug-likeness (QED) is 0.839. The van der Waals surface area contributed by atoms with Crippen molar-refractivity contribution in [2.24, 2.45) is 0 Å². The molecule has 2 rings (SSSR count). The van der Waals surface area contributed by atoms with Gasteiger partial charge in [-0.25, -0.2) is 0 Å². The molecule has 0 aliphatic carbocycles. The van der Waals surface area contributed by atoms with Crippen LogP contribution in [0.3, 0.4) is 0 Å². The second-order valence-electron chi connectivity index (χ2n) is 3.50. The molecule has 0 radical (unpaired) electrons. The molecule has 15 heavy (non-hydrogen) atoms. The Kier molecular flexibility index (Phi) is 2.97. The van der Waals surface area contributed by atoms with Crippen LogP contribution in [-0.2, 0) is 0 Å². The van der Waals surface area contributed by atoms with Crippen molar-refractivity contribution in [2.45, 2.75) is 13.0 Å². The summed E-state index contributed by atoms with van der Waals surface area (Å²) in [5.41, 5.74) is 4.50. The molecule has 1 unspecified atom stereocenters. The van der Waals surface area contributed by atoms with E-state index in [0.717, 1.165) is 5.02 Å². The summed E-state index contributed by atoms with van der Waals surface area (Å²) in [7, 11) is 0. The topological polar surface area (TPSA) is 17.0 Å². The number of aromatic nitrogens is 1. The Morgan fingerprint density at radius 2 is 1.93 bits per heavy atom. The van der Waals surface area contributed by atoms with Crippen LogP contribution in [0, 0.1) is 0 Å². The Labute approximate surface area is 94.5 Å². The molecule has 2 nitrogen and oxygen atoms in total. The predicted molar refractivity (Wildman–Crippen MR) is 63.7 cm³/mol. The molecule has 0 saturated heterocycles. The first kappa shape index (κ1) is 10.1. The first-order chi connectivity index (χ1) is 7.25. The molecule has 1 aromatic heterocycles. The van der Waals surface area contributed by atoms with Gasteiger partial charge in [0.25, 0.3) is 0 Å². The first-order valence-electron chi connectivity index (χ1n) is 4.91. The largest absolute Gasteiger partial charge is 0.319 e. The van der Waals surface area contributed by atoms with Gasteiger partial charge in [-0.3, -0.25) is 4.68 Å². The van der Waals surface area contributed by atoms with Gasteiger partial charge in [-0.1, -0.05) is 23.7 Å². The third-order valence-corrected chi connectivity index (χ3v) is 2.53. The van der Waals surface area contributed by atoms with Crippen molar-refractivity contribution in [3.05, 3.63) is 59.4 Å². The van der Waals surface area contributed by atoms with Gasteiger partial charge in [0.1, 0.15) is 0 Å². The van der Waals surface area contributed by atoms with Crippen molar-refractivity contribution in [2.75, 3.05) is 5.43 Å². The fraction of sp³-hybridized carbons (Fsp3) is 0.167. The van der Waals surface area contributed by atoms with Crippen LogP contribution in [0.15, 0.2) is 48.8 Å². The van der Waals surface area contributed by atoms with E-state index in [1.807, 2.05) is 47.4 Å². The van der Waals surface area contributed by atoms with Gasteiger partial charge < -0.3 is 5.43 Å². The van der Waals surface area contributed by atoms with Crippen LogP contribution in [0.25, 0.3) is 0 Å². The number of nitrogens with one attached hydrogen (secondary N) is 1. The molecule has 0 aliphatic heterocycles. The van der Waals surface area contributed by atoms with E-state index in [-0.39, 0.29) is 6.04 Å². The number of rotatable bonds is 3. The van der Waals surface area contributed by atoms with Gasteiger partial charge in [0.05, 0.1) is 6.04 Å². The maximum absolute atomic E-state index is 5.94. The van der Waals surface area contributed by atoms with Crippen LogP contribution in [0.1, 0.15) is 18.5 Å². The maximum atomic E-state index is 5.94. The molecular weight excluding hydrogens is 208 g/mol. The van der Waals surface area contributed by atoms with Crippen molar-refractivity contribution in [1.29, 1.82) is 0 Å². The van der Waals surface area contributed by atoms with Crippen LogP contribution in [0.2, 0.25) is 5.02 Å². The number of halogens is 1. The van der Waals surface area contributed by atoms with E-state index in [1.165, 1.54) is 5.56 Å². The van der Waals surface area contributed by atoms with Crippen LogP contribution in [0.5, 0.6) is 0 Å². The molecule has 0 aliphatic rings. The van der Waals surface area contributed by atoms with Crippen molar-refractivity contribution >= 4 is 11.6 Å². The highest BCUT2D eigenvalue weighted by molar-refractivity contribution is 6.30. The lowest BCUT2D eigenvalue weighted by Crippen LogP contribution is -2.16.